The molecule has 0 amide bonds. The van der Waals surface area contributed by atoms with Gasteiger partial charge in [-0.25, -0.2) is 0 Å². The van der Waals surface area contributed by atoms with E-state index in [1.165, 1.54) is 45.6 Å². The fourth-order valence-electron chi connectivity index (χ4n) is 3.77. The quantitative estimate of drug-likeness (QED) is 0.722. The van der Waals surface area contributed by atoms with Gasteiger partial charge in [0.15, 0.2) is 0 Å². The van der Waals surface area contributed by atoms with E-state index in [4.69, 9.17) is 4.74 Å². The number of ether oxygens (including phenoxy) is 1. The SMILES string of the molecule is COC(=O)C(C)(C)CN1CCCC1C1CCCC1. The van der Waals surface area contributed by atoms with E-state index >= 15 is 0 Å². The predicted octanol–water partition coefficient (Wildman–Crippen LogP) is 2.84. The van der Waals surface area contributed by atoms with Crippen LogP contribution < -0.4 is 0 Å². The lowest BCUT2D eigenvalue weighted by atomic mass is 9.90. The van der Waals surface area contributed by atoms with Crippen molar-refractivity contribution >= 4 is 5.97 Å². The van der Waals surface area contributed by atoms with E-state index in [1.54, 1.807) is 0 Å². The Labute approximate surface area is 111 Å². The largest absolute Gasteiger partial charge is 0.469 e. The van der Waals surface area contributed by atoms with Crippen LogP contribution in [0.25, 0.3) is 0 Å². The number of hydrogen-bond acceptors (Lipinski definition) is 3. The number of methoxy groups -OCH3 is 1. The van der Waals surface area contributed by atoms with Gasteiger partial charge in [-0.15, -0.1) is 0 Å². The number of carbonyl (C=O) groups is 1. The maximum atomic E-state index is 11.8. The number of carbonyl (C=O) groups excluding carboxylic acids is 1. The average molecular weight is 253 g/mol. The molecule has 1 heterocycles. The van der Waals surface area contributed by atoms with Gasteiger partial charge in [-0.05, 0) is 52.0 Å². The molecule has 1 unspecified atom stereocenters. The van der Waals surface area contributed by atoms with Gasteiger partial charge in [0.1, 0.15) is 0 Å². The van der Waals surface area contributed by atoms with Gasteiger partial charge in [0.2, 0.25) is 0 Å². The van der Waals surface area contributed by atoms with Crippen molar-refractivity contribution in [1.29, 1.82) is 0 Å². The highest BCUT2D eigenvalue weighted by molar-refractivity contribution is 5.76. The van der Waals surface area contributed by atoms with Gasteiger partial charge in [-0.3, -0.25) is 9.69 Å². The number of esters is 1. The second kappa shape index (κ2) is 5.60. The molecule has 1 aliphatic heterocycles. The molecule has 1 atom stereocenters. The summed E-state index contributed by atoms with van der Waals surface area (Å²) in [5.41, 5.74) is -0.379. The van der Waals surface area contributed by atoms with Gasteiger partial charge in [0.25, 0.3) is 0 Å². The average Bonchev–Trinajstić information content (AvgIpc) is 2.97. The molecular weight excluding hydrogens is 226 g/mol. The highest BCUT2D eigenvalue weighted by Gasteiger charge is 2.38. The van der Waals surface area contributed by atoms with Crippen molar-refractivity contribution in [3.05, 3.63) is 0 Å². The molecule has 18 heavy (non-hydrogen) atoms. The molecule has 0 aromatic heterocycles. The van der Waals surface area contributed by atoms with Crippen LogP contribution in [0.5, 0.6) is 0 Å². The minimum Gasteiger partial charge on any atom is -0.469 e. The summed E-state index contributed by atoms with van der Waals surface area (Å²) in [6.45, 7) is 6.01. The monoisotopic (exact) mass is 253 g/mol. The van der Waals surface area contributed by atoms with Crippen molar-refractivity contribution < 1.29 is 9.53 Å². The van der Waals surface area contributed by atoms with Gasteiger partial charge < -0.3 is 4.74 Å². The van der Waals surface area contributed by atoms with E-state index in [-0.39, 0.29) is 11.4 Å². The topological polar surface area (TPSA) is 29.5 Å². The Kier molecular flexibility index (Phi) is 4.31. The Morgan fingerprint density at radius 3 is 2.50 bits per heavy atom. The van der Waals surface area contributed by atoms with Crippen LogP contribution in [0, 0.1) is 11.3 Å². The zero-order valence-electron chi connectivity index (χ0n) is 12.1. The minimum absolute atomic E-state index is 0.0837. The first-order chi connectivity index (χ1) is 8.54. The van der Waals surface area contributed by atoms with Crippen molar-refractivity contribution in [3.63, 3.8) is 0 Å². The molecule has 3 nitrogen and oxygen atoms in total. The first kappa shape index (κ1) is 13.9. The molecule has 2 rings (SSSR count). The van der Waals surface area contributed by atoms with Crippen LogP contribution in [0.1, 0.15) is 52.4 Å². The molecule has 0 radical (unpaired) electrons. The first-order valence-electron chi connectivity index (χ1n) is 7.37. The van der Waals surface area contributed by atoms with Crippen molar-refractivity contribution in [1.82, 2.24) is 4.90 Å². The van der Waals surface area contributed by atoms with Crippen molar-refractivity contribution in [3.8, 4) is 0 Å². The van der Waals surface area contributed by atoms with Crippen molar-refractivity contribution in [2.45, 2.75) is 58.4 Å². The normalized spacial score (nSPS) is 26.7. The summed E-state index contributed by atoms with van der Waals surface area (Å²) in [5, 5.41) is 0. The van der Waals surface area contributed by atoms with Gasteiger partial charge in [0.05, 0.1) is 12.5 Å². The number of rotatable bonds is 4. The zero-order valence-corrected chi connectivity index (χ0v) is 12.1. The lowest BCUT2D eigenvalue weighted by molar-refractivity contribution is -0.152. The predicted molar refractivity (Wildman–Crippen MR) is 72.4 cm³/mol. The summed E-state index contributed by atoms with van der Waals surface area (Å²) in [4.78, 5) is 14.3. The molecule has 0 bridgehead atoms. The van der Waals surface area contributed by atoms with Gasteiger partial charge >= 0.3 is 5.97 Å². The summed E-state index contributed by atoms with van der Waals surface area (Å²) in [6.07, 6.45) is 8.19. The molecule has 2 fully saturated rings. The Bertz CT molecular complexity index is 295. The van der Waals surface area contributed by atoms with Crippen LogP contribution in [-0.4, -0.2) is 37.1 Å². The maximum Gasteiger partial charge on any atom is 0.312 e. The number of likely N-dealkylation sites (tertiary alicyclic amines) is 1. The highest BCUT2D eigenvalue weighted by Crippen LogP contribution is 2.36. The van der Waals surface area contributed by atoms with Gasteiger partial charge in [-0.2, -0.15) is 0 Å². The highest BCUT2D eigenvalue weighted by atomic mass is 16.5. The zero-order chi connectivity index (χ0) is 13.2. The second-order valence-corrected chi connectivity index (χ2v) is 6.60. The molecule has 1 saturated heterocycles. The summed E-state index contributed by atoms with van der Waals surface area (Å²) in [7, 11) is 1.49. The third-order valence-electron chi connectivity index (χ3n) is 4.69. The summed E-state index contributed by atoms with van der Waals surface area (Å²) < 4.78 is 4.92. The third kappa shape index (κ3) is 2.87. The lowest BCUT2D eigenvalue weighted by Gasteiger charge is -2.34. The summed E-state index contributed by atoms with van der Waals surface area (Å²) in [6, 6.07) is 0.719. The van der Waals surface area contributed by atoms with Crippen LogP contribution in [0.15, 0.2) is 0 Å². The van der Waals surface area contributed by atoms with E-state index in [0.29, 0.717) is 0 Å². The van der Waals surface area contributed by atoms with Crippen molar-refractivity contribution in [2.75, 3.05) is 20.2 Å². The standard InChI is InChI=1S/C15H27NO2/c1-15(2,14(17)18-3)11-16-10-6-9-13(16)12-7-4-5-8-12/h12-13H,4-11H2,1-3H3. The van der Waals surface area contributed by atoms with Gasteiger partial charge in [0, 0.05) is 12.6 Å². The van der Waals surface area contributed by atoms with Crippen LogP contribution >= 0.6 is 0 Å². The van der Waals surface area contributed by atoms with Crippen LogP contribution in [0.3, 0.4) is 0 Å². The fourth-order valence-corrected chi connectivity index (χ4v) is 3.77. The van der Waals surface area contributed by atoms with E-state index < -0.39 is 0 Å². The summed E-state index contributed by atoms with van der Waals surface area (Å²) >= 11 is 0. The first-order valence-corrected chi connectivity index (χ1v) is 7.37. The molecule has 104 valence electrons. The molecule has 1 aliphatic carbocycles. The number of hydrogen-bond donors (Lipinski definition) is 0. The maximum absolute atomic E-state index is 11.8. The van der Waals surface area contributed by atoms with Gasteiger partial charge in [-0.1, -0.05) is 12.8 Å². The van der Waals surface area contributed by atoms with E-state index in [2.05, 4.69) is 4.90 Å². The molecule has 1 saturated carbocycles. The molecular formula is C15H27NO2. The Balaban J connectivity index is 1.97. The molecule has 0 aromatic rings. The molecule has 0 spiro atoms. The van der Waals surface area contributed by atoms with E-state index in [9.17, 15) is 4.79 Å². The molecule has 2 aliphatic rings. The van der Waals surface area contributed by atoms with Crippen LogP contribution in [-0.2, 0) is 9.53 Å². The Hall–Kier alpha value is -0.570. The minimum atomic E-state index is -0.379. The fraction of sp³-hybridized carbons (Fsp3) is 0.933. The Morgan fingerprint density at radius 2 is 1.89 bits per heavy atom. The van der Waals surface area contributed by atoms with E-state index in [0.717, 1.165) is 25.0 Å². The second-order valence-electron chi connectivity index (χ2n) is 6.60. The molecule has 0 aromatic carbocycles. The lowest BCUT2D eigenvalue weighted by Crippen LogP contribution is -2.44. The summed E-state index contributed by atoms with van der Waals surface area (Å²) in [5.74, 6) is 0.792. The molecule has 0 N–H and O–H groups in total. The number of nitrogens with zero attached hydrogens (tertiary/aromatic N) is 1. The van der Waals surface area contributed by atoms with Crippen molar-refractivity contribution in [2.24, 2.45) is 11.3 Å². The smallest absolute Gasteiger partial charge is 0.312 e. The van der Waals surface area contributed by atoms with E-state index in [1.807, 2.05) is 13.8 Å². The molecule has 3 heteroatoms. The Morgan fingerprint density at radius 1 is 1.22 bits per heavy atom. The third-order valence-corrected chi connectivity index (χ3v) is 4.69. The van der Waals surface area contributed by atoms with Crippen LogP contribution in [0.2, 0.25) is 0 Å². The van der Waals surface area contributed by atoms with Crippen LogP contribution in [0.4, 0.5) is 0 Å².